The molecule has 1 N–H and O–H groups in total. The van der Waals surface area contributed by atoms with Crippen molar-refractivity contribution in [2.24, 2.45) is 0 Å². The van der Waals surface area contributed by atoms with Gasteiger partial charge in [-0.15, -0.1) is 0 Å². The maximum atomic E-state index is 12.4. The Bertz CT molecular complexity index is 771. The molecule has 1 aliphatic rings. The molecule has 0 spiro atoms. The molecule has 1 aromatic heterocycles. The quantitative estimate of drug-likeness (QED) is 0.931. The van der Waals surface area contributed by atoms with E-state index in [4.69, 9.17) is 4.74 Å². The summed E-state index contributed by atoms with van der Waals surface area (Å²) in [6.07, 6.45) is 0.823. The predicted molar refractivity (Wildman–Crippen MR) is 87.3 cm³/mol. The van der Waals surface area contributed by atoms with E-state index in [1.165, 1.54) is 0 Å². The largest absolute Gasteiger partial charge is 0.375 e. The Morgan fingerprint density at radius 3 is 3.00 bits per heavy atom. The van der Waals surface area contributed by atoms with Crippen molar-refractivity contribution in [3.05, 3.63) is 40.4 Å². The van der Waals surface area contributed by atoms with Gasteiger partial charge in [0.1, 0.15) is 5.82 Å². The molecule has 2 atom stereocenters. The number of hydrogen-bond acceptors (Lipinski definition) is 4. The van der Waals surface area contributed by atoms with Crippen LogP contribution in [0.25, 0.3) is 10.9 Å². The minimum atomic E-state index is -0.161. The van der Waals surface area contributed by atoms with Crippen molar-refractivity contribution >= 4 is 16.8 Å². The molecule has 0 saturated carbocycles. The van der Waals surface area contributed by atoms with E-state index in [1.54, 1.807) is 6.07 Å². The van der Waals surface area contributed by atoms with Crippen molar-refractivity contribution in [3.63, 3.8) is 0 Å². The summed E-state index contributed by atoms with van der Waals surface area (Å²) >= 11 is 0. The van der Waals surface area contributed by atoms with Crippen LogP contribution in [0, 0.1) is 0 Å². The summed E-state index contributed by atoms with van der Waals surface area (Å²) in [6, 6.07) is 7.29. The van der Waals surface area contributed by atoms with E-state index >= 15 is 0 Å². The zero-order chi connectivity index (χ0) is 16.4. The maximum absolute atomic E-state index is 12.4. The number of rotatable bonds is 3. The fourth-order valence-electron chi connectivity index (χ4n) is 2.87. The van der Waals surface area contributed by atoms with Crippen LogP contribution in [0.4, 0.5) is 0 Å². The molecule has 1 saturated heterocycles. The zero-order valence-electron chi connectivity index (χ0n) is 13.4. The van der Waals surface area contributed by atoms with Gasteiger partial charge in [-0.05, 0) is 26.0 Å². The Morgan fingerprint density at radius 1 is 1.39 bits per heavy atom. The molecule has 1 amide bonds. The fraction of sp³-hybridized carbons (Fsp3) is 0.471. The van der Waals surface area contributed by atoms with Crippen molar-refractivity contribution in [2.45, 2.75) is 38.8 Å². The van der Waals surface area contributed by atoms with Crippen molar-refractivity contribution < 1.29 is 9.53 Å². The van der Waals surface area contributed by atoms with Crippen LogP contribution in [-0.2, 0) is 16.0 Å². The van der Waals surface area contributed by atoms with E-state index < -0.39 is 0 Å². The highest BCUT2D eigenvalue weighted by atomic mass is 16.5. The number of aryl methyl sites for hydroxylation is 1. The molecule has 0 aliphatic carbocycles. The third kappa shape index (κ3) is 3.42. The van der Waals surface area contributed by atoms with Gasteiger partial charge in [-0.1, -0.05) is 12.1 Å². The van der Waals surface area contributed by atoms with Crippen LogP contribution in [0.3, 0.4) is 0 Å². The lowest BCUT2D eigenvalue weighted by atomic mass is 10.1. The van der Waals surface area contributed by atoms with Crippen LogP contribution in [0.1, 0.15) is 26.1 Å². The van der Waals surface area contributed by atoms with Crippen LogP contribution < -0.4 is 5.56 Å². The second-order valence-corrected chi connectivity index (χ2v) is 6.07. The molecule has 2 aromatic rings. The van der Waals surface area contributed by atoms with Crippen molar-refractivity contribution in [1.82, 2.24) is 14.9 Å². The summed E-state index contributed by atoms with van der Waals surface area (Å²) in [4.78, 5) is 33.5. The Labute approximate surface area is 134 Å². The lowest BCUT2D eigenvalue weighted by Crippen LogP contribution is -2.50. The average Bonchev–Trinajstić information content (AvgIpc) is 2.55. The fourth-order valence-corrected chi connectivity index (χ4v) is 2.87. The van der Waals surface area contributed by atoms with E-state index in [2.05, 4.69) is 9.97 Å². The molecule has 6 nitrogen and oxygen atoms in total. The number of nitrogens with one attached hydrogen (secondary N) is 1. The minimum Gasteiger partial charge on any atom is -0.375 e. The second-order valence-electron chi connectivity index (χ2n) is 6.07. The number of carbonyl (C=O) groups is 1. The number of benzene rings is 1. The van der Waals surface area contributed by atoms with Gasteiger partial charge >= 0.3 is 0 Å². The molecule has 1 aromatic carbocycles. The number of aromatic amines is 1. The lowest BCUT2D eigenvalue weighted by Gasteiger charge is -2.36. The van der Waals surface area contributed by atoms with Crippen molar-refractivity contribution in [1.29, 1.82) is 0 Å². The first-order chi connectivity index (χ1) is 11.0. The number of aromatic nitrogens is 2. The van der Waals surface area contributed by atoms with Crippen LogP contribution in [0.2, 0.25) is 0 Å². The summed E-state index contributed by atoms with van der Waals surface area (Å²) in [5.41, 5.74) is 0.499. The third-order valence-corrected chi connectivity index (χ3v) is 4.17. The first-order valence-electron chi connectivity index (χ1n) is 7.93. The molecular weight excluding hydrogens is 294 g/mol. The van der Waals surface area contributed by atoms with Crippen LogP contribution in [0.15, 0.2) is 29.1 Å². The molecule has 23 heavy (non-hydrogen) atoms. The third-order valence-electron chi connectivity index (χ3n) is 4.17. The van der Waals surface area contributed by atoms with Gasteiger partial charge in [0.05, 0.1) is 29.7 Å². The number of nitrogens with zero attached hydrogens (tertiary/aromatic N) is 2. The van der Waals surface area contributed by atoms with Crippen molar-refractivity contribution in [3.8, 4) is 0 Å². The van der Waals surface area contributed by atoms with Gasteiger partial charge in [0.2, 0.25) is 5.91 Å². The number of amides is 1. The SMILES string of the molecule is CC1CN(C(=O)CCc2nc3ccccc3c(=O)[nH]2)C(C)CO1. The zero-order valence-corrected chi connectivity index (χ0v) is 13.4. The molecule has 2 unspecified atom stereocenters. The first kappa shape index (κ1) is 15.7. The van der Waals surface area contributed by atoms with Gasteiger partial charge in [-0.25, -0.2) is 4.98 Å². The summed E-state index contributed by atoms with van der Waals surface area (Å²) in [6.45, 7) is 5.13. The Morgan fingerprint density at radius 2 is 2.17 bits per heavy atom. The van der Waals surface area contributed by atoms with Crippen LogP contribution in [0.5, 0.6) is 0 Å². The van der Waals surface area contributed by atoms with E-state index in [9.17, 15) is 9.59 Å². The topological polar surface area (TPSA) is 75.3 Å². The van der Waals surface area contributed by atoms with E-state index in [1.807, 2.05) is 36.9 Å². The molecule has 0 bridgehead atoms. The number of H-pyrrole nitrogens is 1. The van der Waals surface area contributed by atoms with Gasteiger partial charge in [0.25, 0.3) is 5.56 Å². The Kier molecular flexibility index (Phi) is 4.43. The smallest absolute Gasteiger partial charge is 0.258 e. The molecule has 6 heteroatoms. The molecule has 0 radical (unpaired) electrons. The molecular formula is C17H21N3O3. The summed E-state index contributed by atoms with van der Waals surface area (Å²) < 4.78 is 5.54. The summed E-state index contributed by atoms with van der Waals surface area (Å²) in [5, 5.41) is 0.568. The van der Waals surface area contributed by atoms with E-state index in [-0.39, 0.29) is 23.6 Å². The number of para-hydroxylation sites is 1. The summed E-state index contributed by atoms with van der Waals surface area (Å²) in [5.74, 6) is 0.625. The average molecular weight is 315 g/mol. The number of ether oxygens (including phenoxy) is 1. The predicted octanol–water partition coefficient (Wildman–Crippen LogP) is 1.49. The van der Waals surface area contributed by atoms with E-state index in [0.29, 0.717) is 42.7 Å². The first-order valence-corrected chi connectivity index (χ1v) is 7.93. The standard InChI is InChI=1S/C17H21N3O3/c1-11-10-23-12(2)9-20(11)16(21)8-7-15-18-14-6-4-3-5-13(14)17(22)19-15/h3-6,11-12H,7-10H2,1-2H3,(H,18,19,22). The second kappa shape index (κ2) is 6.50. The molecule has 122 valence electrons. The number of fused-ring (bicyclic) bond motifs is 1. The lowest BCUT2D eigenvalue weighted by molar-refractivity contribution is -0.143. The number of hydrogen-bond donors (Lipinski definition) is 1. The Hall–Kier alpha value is -2.21. The molecule has 3 rings (SSSR count). The van der Waals surface area contributed by atoms with Crippen molar-refractivity contribution in [2.75, 3.05) is 13.2 Å². The van der Waals surface area contributed by atoms with Gasteiger partial charge in [0, 0.05) is 19.4 Å². The van der Waals surface area contributed by atoms with Crippen LogP contribution >= 0.6 is 0 Å². The van der Waals surface area contributed by atoms with Gasteiger partial charge < -0.3 is 14.6 Å². The minimum absolute atomic E-state index is 0.0637. The monoisotopic (exact) mass is 315 g/mol. The number of carbonyl (C=O) groups excluding carboxylic acids is 1. The van der Waals surface area contributed by atoms with Gasteiger partial charge in [-0.3, -0.25) is 9.59 Å². The summed E-state index contributed by atoms with van der Waals surface area (Å²) in [7, 11) is 0. The highest BCUT2D eigenvalue weighted by Crippen LogP contribution is 2.14. The van der Waals surface area contributed by atoms with Gasteiger partial charge in [0.15, 0.2) is 0 Å². The van der Waals surface area contributed by atoms with Crippen LogP contribution in [-0.4, -0.2) is 46.1 Å². The Balaban J connectivity index is 1.70. The number of morpholine rings is 1. The van der Waals surface area contributed by atoms with Gasteiger partial charge in [-0.2, -0.15) is 0 Å². The molecule has 1 aliphatic heterocycles. The molecule has 1 fully saturated rings. The maximum Gasteiger partial charge on any atom is 0.258 e. The highest BCUT2D eigenvalue weighted by molar-refractivity contribution is 5.78. The highest BCUT2D eigenvalue weighted by Gasteiger charge is 2.27. The van der Waals surface area contributed by atoms with E-state index in [0.717, 1.165) is 0 Å². The molecule has 2 heterocycles. The normalized spacial score (nSPS) is 21.6.